The van der Waals surface area contributed by atoms with Gasteiger partial charge in [-0.15, -0.1) is 0 Å². The van der Waals surface area contributed by atoms with Gasteiger partial charge in [0.05, 0.1) is 19.7 Å². The summed E-state index contributed by atoms with van der Waals surface area (Å²) in [5.74, 6) is -1.18. The highest BCUT2D eigenvalue weighted by Gasteiger charge is 2.15. The number of furan rings is 1. The Kier molecular flexibility index (Phi) is 5.97. The molecule has 1 aromatic carbocycles. The maximum absolute atomic E-state index is 13.7. The van der Waals surface area contributed by atoms with E-state index in [0.717, 1.165) is 0 Å². The zero-order valence-corrected chi connectivity index (χ0v) is 14.6. The van der Waals surface area contributed by atoms with Gasteiger partial charge in [0.1, 0.15) is 0 Å². The van der Waals surface area contributed by atoms with Crippen molar-refractivity contribution < 1.29 is 23.1 Å². The summed E-state index contributed by atoms with van der Waals surface area (Å²) in [6.45, 7) is 1.49. The highest BCUT2D eigenvalue weighted by molar-refractivity contribution is 9.10. The minimum atomic E-state index is -0.507. The number of nitrogens with one attached hydrogen (secondary N) is 2. The lowest BCUT2D eigenvalue weighted by Crippen LogP contribution is -2.37. The molecule has 2 amide bonds. The maximum atomic E-state index is 13.7. The zero-order chi connectivity index (χ0) is 17.7. The van der Waals surface area contributed by atoms with E-state index in [-0.39, 0.29) is 18.1 Å². The molecule has 128 valence electrons. The van der Waals surface area contributed by atoms with Crippen molar-refractivity contribution in [2.75, 3.05) is 13.7 Å². The van der Waals surface area contributed by atoms with Crippen LogP contribution in [0.25, 0.3) is 0 Å². The minimum absolute atomic E-state index is 0.0972. The summed E-state index contributed by atoms with van der Waals surface area (Å²) < 4.78 is 24.0. The molecule has 2 N–H and O–H groups in total. The number of halogens is 2. The molecule has 0 spiro atoms. The van der Waals surface area contributed by atoms with Crippen molar-refractivity contribution in [3.05, 3.63) is 52.1 Å². The largest absolute Gasteiger partial charge is 0.494 e. The van der Waals surface area contributed by atoms with Crippen LogP contribution in [0.15, 0.2) is 39.4 Å². The number of amides is 2. The molecule has 6 nitrogen and oxygen atoms in total. The van der Waals surface area contributed by atoms with E-state index < -0.39 is 23.7 Å². The zero-order valence-electron chi connectivity index (χ0n) is 13.1. The molecule has 8 heteroatoms. The molecular weight excluding hydrogens is 383 g/mol. The Bertz CT molecular complexity index is 747. The first kappa shape index (κ1) is 18.0. The molecule has 2 aromatic rings. The average Bonchev–Trinajstić information content (AvgIpc) is 2.99. The fourth-order valence-electron chi connectivity index (χ4n) is 2.01. The number of hydrogen-bond acceptors (Lipinski definition) is 4. The van der Waals surface area contributed by atoms with Gasteiger partial charge in [-0.25, -0.2) is 4.39 Å². The topological polar surface area (TPSA) is 80.6 Å². The van der Waals surface area contributed by atoms with Crippen molar-refractivity contribution in [1.29, 1.82) is 0 Å². The molecule has 0 aliphatic carbocycles. The lowest BCUT2D eigenvalue weighted by atomic mass is 10.1. The molecule has 0 aliphatic rings. The van der Waals surface area contributed by atoms with Crippen LogP contribution < -0.4 is 15.4 Å². The van der Waals surface area contributed by atoms with Crippen LogP contribution in [0.2, 0.25) is 0 Å². The second-order valence-electron chi connectivity index (χ2n) is 4.97. The lowest BCUT2D eigenvalue weighted by Gasteiger charge is -2.15. The molecule has 0 bridgehead atoms. The number of methoxy groups -OCH3 is 1. The van der Waals surface area contributed by atoms with E-state index in [4.69, 9.17) is 9.15 Å². The second kappa shape index (κ2) is 7.96. The summed E-state index contributed by atoms with van der Waals surface area (Å²) in [6.07, 6.45) is 0. The van der Waals surface area contributed by atoms with Gasteiger partial charge in [-0.3, -0.25) is 9.59 Å². The standard InChI is InChI=1S/C16H16BrFN2O4/c1-9(10-3-4-12(23-2)11(18)7-10)20-15(21)8-19-16(22)13-5-6-14(17)24-13/h3-7,9H,8H2,1-2H3,(H,19,22)(H,20,21). The Morgan fingerprint density at radius 2 is 2.08 bits per heavy atom. The molecule has 0 saturated heterocycles. The van der Waals surface area contributed by atoms with Gasteiger partial charge in [0.25, 0.3) is 5.91 Å². The summed E-state index contributed by atoms with van der Waals surface area (Å²) in [7, 11) is 1.38. The third-order valence-corrected chi connectivity index (χ3v) is 3.69. The number of benzene rings is 1. The van der Waals surface area contributed by atoms with Crippen LogP contribution >= 0.6 is 15.9 Å². The molecule has 1 aromatic heterocycles. The van der Waals surface area contributed by atoms with Gasteiger partial charge in [-0.1, -0.05) is 6.07 Å². The van der Waals surface area contributed by atoms with Crippen molar-refractivity contribution in [2.24, 2.45) is 0 Å². The number of carbonyl (C=O) groups excluding carboxylic acids is 2. The van der Waals surface area contributed by atoms with Gasteiger partial charge < -0.3 is 19.8 Å². The Labute approximate surface area is 146 Å². The fourth-order valence-corrected chi connectivity index (χ4v) is 2.32. The molecule has 0 radical (unpaired) electrons. The van der Waals surface area contributed by atoms with E-state index in [2.05, 4.69) is 26.6 Å². The van der Waals surface area contributed by atoms with E-state index in [9.17, 15) is 14.0 Å². The van der Waals surface area contributed by atoms with Gasteiger partial charge in [-0.2, -0.15) is 0 Å². The van der Waals surface area contributed by atoms with Crippen molar-refractivity contribution >= 4 is 27.7 Å². The third kappa shape index (κ3) is 4.58. The van der Waals surface area contributed by atoms with Crippen LogP contribution in [0.3, 0.4) is 0 Å². The van der Waals surface area contributed by atoms with E-state index in [1.807, 2.05) is 0 Å². The van der Waals surface area contributed by atoms with Gasteiger partial charge in [0.2, 0.25) is 5.91 Å². The molecule has 0 fully saturated rings. The Balaban J connectivity index is 1.87. The van der Waals surface area contributed by atoms with E-state index in [0.29, 0.717) is 10.2 Å². The van der Waals surface area contributed by atoms with E-state index in [1.165, 1.54) is 25.3 Å². The molecule has 0 aliphatic heterocycles. The summed E-state index contributed by atoms with van der Waals surface area (Å²) in [5.41, 5.74) is 0.586. The predicted octanol–water partition coefficient (Wildman–Crippen LogP) is 2.80. The van der Waals surface area contributed by atoms with Crippen molar-refractivity contribution in [3.8, 4) is 5.75 Å². The number of hydrogen-bond donors (Lipinski definition) is 2. The van der Waals surface area contributed by atoms with Crippen molar-refractivity contribution in [3.63, 3.8) is 0 Å². The second-order valence-corrected chi connectivity index (χ2v) is 5.75. The summed E-state index contributed by atoms with van der Waals surface area (Å²) in [6, 6.07) is 7.08. The van der Waals surface area contributed by atoms with Gasteiger partial charge >= 0.3 is 0 Å². The van der Waals surface area contributed by atoms with Crippen LogP contribution in [0, 0.1) is 5.82 Å². The maximum Gasteiger partial charge on any atom is 0.287 e. The van der Waals surface area contributed by atoms with Crippen LogP contribution in [-0.2, 0) is 4.79 Å². The first-order valence-corrected chi connectivity index (χ1v) is 7.86. The van der Waals surface area contributed by atoms with Crippen LogP contribution in [0.4, 0.5) is 4.39 Å². The molecule has 0 saturated carbocycles. The number of ether oxygens (including phenoxy) is 1. The average molecular weight is 399 g/mol. The van der Waals surface area contributed by atoms with Gasteiger partial charge in [0, 0.05) is 0 Å². The fraction of sp³-hybridized carbons (Fsp3) is 0.250. The molecule has 2 rings (SSSR count). The number of carbonyl (C=O) groups is 2. The highest BCUT2D eigenvalue weighted by Crippen LogP contribution is 2.21. The molecule has 1 heterocycles. The van der Waals surface area contributed by atoms with Crippen LogP contribution in [0.1, 0.15) is 29.1 Å². The summed E-state index contributed by atoms with van der Waals surface area (Å²) in [5, 5.41) is 5.11. The van der Waals surface area contributed by atoms with Crippen molar-refractivity contribution in [2.45, 2.75) is 13.0 Å². The third-order valence-electron chi connectivity index (χ3n) is 3.26. The van der Waals surface area contributed by atoms with Crippen LogP contribution in [-0.4, -0.2) is 25.5 Å². The first-order chi connectivity index (χ1) is 11.4. The Hall–Kier alpha value is -2.35. The van der Waals surface area contributed by atoms with Crippen molar-refractivity contribution in [1.82, 2.24) is 10.6 Å². The monoisotopic (exact) mass is 398 g/mol. The Morgan fingerprint density at radius 3 is 2.67 bits per heavy atom. The van der Waals surface area contributed by atoms with Gasteiger partial charge in [-0.05, 0) is 52.7 Å². The predicted molar refractivity (Wildman–Crippen MR) is 88.3 cm³/mol. The quantitative estimate of drug-likeness (QED) is 0.783. The highest BCUT2D eigenvalue weighted by atomic mass is 79.9. The first-order valence-electron chi connectivity index (χ1n) is 7.07. The molecule has 1 unspecified atom stereocenters. The summed E-state index contributed by atoms with van der Waals surface area (Å²) >= 11 is 3.09. The number of rotatable bonds is 6. The molecule has 24 heavy (non-hydrogen) atoms. The molecule has 1 atom stereocenters. The summed E-state index contributed by atoms with van der Waals surface area (Å²) in [4.78, 5) is 23.7. The van der Waals surface area contributed by atoms with E-state index in [1.54, 1.807) is 19.1 Å². The van der Waals surface area contributed by atoms with E-state index >= 15 is 0 Å². The van der Waals surface area contributed by atoms with Crippen LogP contribution in [0.5, 0.6) is 5.75 Å². The molecular formula is C16H16BrFN2O4. The lowest BCUT2D eigenvalue weighted by molar-refractivity contribution is -0.120. The SMILES string of the molecule is COc1ccc(C(C)NC(=O)CNC(=O)c2ccc(Br)o2)cc1F. The minimum Gasteiger partial charge on any atom is -0.494 e. The normalized spacial score (nSPS) is 11.7. The Morgan fingerprint density at radius 1 is 1.33 bits per heavy atom. The van der Waals surface area contributed by atoms with Gasteiger partial charge in [0.15, 0.2) is 22.0 Å². The smallest absolute Gasteiger partial charge is 0.287 e.